The molecular formula is C16H11Cl2N5O. The van der Waals surface area contributed by atoms with Crippen LogP contribution in [0, 0.1) is 0 Å². The molecule has 0 aliphatic heterocycles. The van der Waals surface area contributed by atoms with Crippen LogP contribution in [0.1, 0.15) is 5.56 Å². The van der Waals surface area contributed by atoms with Crippen molar-refractivity contribution in [3.8, 4) is 11.6 Å². The Morgan fingerprint density at radius 3 is 2.83 bits per heavy atom. The van der Waals surface area contributed by atoms with Gasteiger partial charge in [-0.1, -0.05) is 29.3 Å². The Hall–Kier alpha value is -2.57. The fourth-order valence-corrected chi connectivity index (χ4v) is 2.83. The number of fused-ring (bicyclic) bond motifs is 1. The lowest BCUT2D eigenvalue weighted by Gasteiger charge is -2.08. The lowest BCUT2D eigenvalue weighted by molar-refractivity contribution is 0.625. The second-order valence-corrected chi connectivity index (χ2v) is 6.04. The monoisotopic (exact) mass is 359 g/mol. The van der Waals surface area contributed by atoms with Crippen LogP contribution in [0.4, 0.5) is 5.69 Å². The van der Waals surface area contributed by atoms with Gasteiger partial charge in [-0.3, -0.25) is 0 Å². The Balaban J connectivity index is 1.62. The zero-order valence-electron chi connectivity index (χ0n) is 12.3. The van der Waals surface area contributed by atoms with Gasteiger partial charge in [-0.25, -0.2) is 0 Å². The standard InChI is InChI=1S/C16H11Cl2N5O/c17-11-2-1-3-12(6-11)19-8-10-4-9-5-15(16-20-22-23-21-16)24-14(9)7-13(10)18/h1-7,19H,8H2,(H,20,21,22,23). The molecule has 2 aromatic carbocycles. The smallest absolute Gasteiger partial charge is 0.239 e. The molecule has 4 aromatic rings. The Bertz CT molecular complexity index is 997. The highest BCUT2D eigenvalue weighted by Crippen LogP contribution is 2.30. The second-order valence-electron chi connectivity index (χ2n) is 5.19. The number of hydrogen-bond donors (Lipinski definition) is 2. The van der Waals surface area contributed by atoms with Crippen molar-refractivity contribution in [3.05, 3.63) is 58.1 Å². The van der Waals surface area contributed by atoms with Gasteiger partial charge in [0.25, 0.3) is 0 Å². The predicted molar refractivity (Wildman–Crippen MR) is 93.2 cm³/mol. The van der Waals surface area contributed by atoms with Gasteiger partial charge in [-0.15, -0.1) is 10.2 Å². The first-order valence-corrected chi connectivity index (χ1v) is 7.90. The summed E-state index contributed by atoms with van der Waals surface area (Å²) in [6.07, 6.45) is 0. The number of anilines is 1. The molecule has 0 radical (unpaired) electrons. The molecule has 0 spiro atoms. The maximum atomic E-state index is 6.36. The average Bonchev–Trinajstić information content (AvgIpc) is 3.21. The topological polar surface area (TPSA) is 79.6 Å². The van der Waals surface area contributed by atoms with Gasteiger partial charge >= 0.3 is 0 Å². The van der Waals surface area contributed by atoms with Gasteiger partial charge in [-0.2, -0.15) is 5.21 Å². The van der Waals surface area contributed by atoms with Crippen molar-refractivity contribution in [3.63, 3.8) is 0 Å². The third kappa shape index (κ3) is 2.93. The maximum Gasteiger partial charge on any atom is 0.239 e. The number of furan rings is 1. The van der Waals surface area contributed by atoms with Gasteiger partial charge in [0.2, 0.25) is 5.82 Å². The normalized spacial score (nSPS) is 11.1. The first-order valence-electron chi connectivity index (χ1n) is 7.14. The summed E-state index contributed by atoms with van der Waals surface area (Å²) in [7, 11) is 0. The summed E-state index contributed by atoms with van der Waals surface area (Å²) >= 11 is 12.3. The Morgan fingerprint density at radius 2 is 2.04 bits per heavy atom. The molecule has 0 unspecified atom stereocenters. The van der Waals surface area contributed by atoms with E-state index in [1.54, 1.807) is 6.07 Å². The fourth-order valence-electron chi connectivity index (χ4n) is 2.42. The largest absolute Gasteiger partial charge is 0.453 e. The van der Waals surface area contributed by atoms with Crippen LogP contribution in [0.5, 0.6) is 0 Å². The van der Waals surface area contributed by atoms with Crippen LogP contribution in [0.15, 0.2) is 46.9 Å². The summed E-state index contributed by atoms with van der Waals surface area (Å²) in [5.74, 6) is 0.940. The molecule has 2 heterocycles. The molecule has 4 rings (SSSR count). The third-order valence-corrected chi connectivity index (χ3v) is 4.15. The number of halogens is 2. The molecule has 0 atom stereocenters. The number of hydrogen-bond acceptors (Lipinski definition) is 5. The van der Waals surface area contributed by atoms with Crippen molar-refractivity contribution < 1.29 is 4.42 Å². The molecule has 0 saturated heterocycles. The number of nitrogens with one attached hydrogen (secondary N) is 2. The van der Waals surface area contributed by atoms with Crippen molar-refractivity contribution in [2.45, 2.75) is 6.54 Å². The van der Waals surface area contributed by atoms with E-state index in [9.17, 15) is 0 Å². The van der Waals surface area contributed by atoms with Crippen LogP contribution in [0.3, 0.4) is 0 Å². The van der Waals surface area contributed by atoms with Crippen LogP contribution < -0.4 is 5.32 Å². The SMILES string of the molecule is Clc1cccc(NCc2cc3cc(-c4nn[nH]n4)oc3cc2Cl)c1. The van der Waals surface area contributed by atoms with E-state index in [1.165, 1.54) is 0 Å². The van der Waals surface area contributed by atoms with Gasteiger partial charge in [0.1, 0.15) is 5.58 Å². The van der Waals surface area contributed by atoms with Gasteiger partial charge in [0.05, 0.1) is 0 Å². The summed E-state index contributed by atoms with van der Waals surface area (Å²) in [4.78, 5) is 0. The van der Waals surface area contributed by atoms with E-state index in [2.05, 4.69) is 25.9 Å². The van der Waals surface area contributed by atoms with E-state index in [-0.39, 0.29) is 0 Å². The van der Waals surface area contributed by atoms with Gasteiger partial charge in [0.15, 0.2) is 5.76 Å². The first-order chi connectivity index (χ1) is 11.7. The molecule has 0 aliphatic carbocycles. The van der Waals surface area contributed by atoms with E-state index in [0.717, 1.165) is 16.6 Å². The summed E-state index contributed by atoms with van der Waals surface area (Å²) in [6, 6.07) is 13.2. The number of rotatable bonds is 4. The molecule has 6 nitrogen and oxygen atoms in total. The van der Waals surface area contributed by atoms with Gasteiger partial charge in [0, 0.05) is 33.7 Å². The van der Waals surface area contributed by atoms with Gasteiger partial charge < -0.3 is 9.73 Å². The predicted octanol–water partition coefficient (Wildman–Crippen LogP) is 4.53. The minimum Gasteiger partial charge on any atom is -0.453 e. The van der Waals surface area contributed by atoms with Crippen LogP contribution in [0.2, 0.25) is 10.0 Å². The van der Waals surface area contributed by atoms with Crippen LogP contribution in [0.25, 0.3) is 22.6 Å². The minimum absolute atomic E-state index is 0.404. The van der Waals surface area contributed by atoms with Crippen molar-refractivity contribution in [1.82, 2.24) is 20.6 Å². The minimum atomic E-state index is 0.404. The maximum absolute atomic E-state index is 6.36. The number of aromatic amines is 1. The second kappa shape index (κ2) is 6.14. The Morgan fingerprint density at radius 1 is 1.12 bits per heavy atom. The van der Waals surface area contributed by atoms with Crippen molar-refractivity contribution in [1.29, 1.82) is 0 Å². The van der Waals surface area contributed by atoms with Crippen molar-refractivity contribution in [2.24, 2.45) is 0 Å². The highest BCUT2D eigenvalue weighted by Gasteiger charge is 2.12. The molecule has 24 heavy (non-hydrogen) atoms. The number of benzene rings is 2. The molecule has 0 fully saturated rings. The molecule has 2 aromatic heterocycles. The van der Waals surface area contributed by atoms with Crippen molar-refractivity contribution >= 4 is 39.9 Å². The average molecular weight is 360 g/mol. The third-order valence-electron chi connectivity index (χ3n) is 3.56. The van der Waals surface area contributed by atoms with E-state index >= 15 is 0 Å². The molecule has 0 saturated carbocycles. The summed E-state index contributed by atoms with van der Waals surface area (Å²) in [5, 5.41) is 19.3. The van der Waals surface area contributed by atoms with E-state index in [4.69, 9.17) is 27.6 Å². The van der Waals surface area contributed by atoms with E-state index in [1.807, 2.05) is 36.4 Å². The number of H-pyrrole nitrogens is 1. The van der Waals surface area contributed by atoms with Crippen LogP contribution in [-0.4, -0.2) is 20.6 Å². The highest BCUT2D eigenvalue weighted by atomic mass is 35.5. The molecule has 2 N–H and O–H groups in total. The molecule has 8 heteroatoms. The summed E-state index contributed by atoms with van der Waals surface area (Å²) < 4.78 is 5.72. The summed E-state index contributed by atoms with van der Waals surface area (Å²) in [6.45, 7) is 0.567. The Kier molecular flexibility index (Phi) is 3.84. The van der Waals surface area contributed by atoms with E-state index < -0.39 is 0 Å². The highest BCUT2D eigenvalue weighted by molar-refractivity contribution is 6.32. The molecule has 0 amide bonds. The van der Waals surface area contributed by atoms with Crippen molar-refractivity contribution in [2.75, 3.05) is 5.32 Å². The molecule has 120 valence electrons. The zero-order valence-corrected chi connectivity index (χ0v) is 13.8. The number of tetrazole rings is 1. The number of nitrogens with zero attached hydrogens (tertiary/aromatic N) is 3. The quantitative estimate of drug-likeness (QED) is 0.559. The number of aromatic nitrogens is 4. The fraction of sp³-hybridized carbons (Fsp3) is 0.0625. The lowest BCUT2D eigenvalue weighted by Crippen LogP contribution is -1.99. The van der Waals surface area contributed by atoms with E-state index in [0.29, 0.717) is 33.8 Å². The first kappa shape index (κ1) is 15.0. The van der Waals surface area contributed by atoms with Crippen LogP contribution >= 0.6 is 23.2 Å². The van der Waals surface area contributed by atoms with Crippen LogP contribution in [-0.2, 0) is 6.54 Å². The molecular weight excluding hydrogens is 349 g/mol. The van der Waals surface area contributed by atoms with Gasteiger partial charge in [-0.05, 0) is 41.1 Å². The Labute approximate surface area is 146 Å². The summed E-state index contributed by atoms with van der Waals surface area (Å²) in [5.41, 5.74) is 2.55. The zero-order chi connectivity index (χ0) is 16.5. The lowest BCUT2D eigenvalue weighted by atomic mass is 10.1. The molecule has 0 bridgehead atoms. The molecule has 0 aliphatic rings.